The SMILES string of the molecule is CN=C(NCC(C)N(C)c1ccccc1)N1CCC(C)C(n2ccnc2)C1. The number of hydrogen-bond acceptors (Lipinski definition) is 3. The van der Waals surface area contributed by atoms with Crippen molar-refractivity contribution in [1.82, 2.24) is 19.8 Å². The molecule has 3 rings (SSSR count). The molecule has 3 unspecified atom stereocenters. The van der Waals surface area contributed by atoms with E-state index in [-0.39, 0.29) is 0 Å². The predicted molar refractivity (Wildman–Crippen MR) is 112 cm³/mol. The number of anilines is 1. The van der Waals surface area contributed by atoms with Crippen LogP contribution < -0.4 is 10.2 Å². The zero-order valence-corrected chi connectivity index (χ0v) is 16.9. The molecule has 0 amide bonds. The Labute approximate surface area is 162 Å². The normalized spacial score (nSPS) is 21.8. The van der Waals surface area contributed by atoms with Crippen molar-refractivity contribution in [2.75, 3.05) is 38.6 Å². The summed E-state index contributed by atoms with van der Waals surface area (Å²) in [6, 6.07) is 11.3. The molecular weight excluding hydrogens is 336 g/mol. The van der Waals surface area contributed by atoms with E-state index in [0.29, 0.717) is 18.0 Å². The number of benzene rings is 1. The number of aliphatic imine (C=N–C) groups is 1. The molecule has 1 N–H and O–H groups in total. The molecule has 0 aliphatic carbocycles. The molecule has 2 aromatic rings. The number of imidazole rings is 1. The van der Waals surface area contributed by atoms with E-state index in [0.717, 1.165) is 32.0 Å². The second-order valence-corrected chi connectivity index (χ2v) is 7.51. The molecule has 146 valence electrons. The fourth-order valence-corrected chi connectivity index (χ4v) is 3.72. The summed E-state index contributed by atoms with van der Waals surface area (Å²) in [6.07, 6.45) is 7.01. The van der Waals surface area contributed by atoms with Gasteiger partial charge in [0.15, 0.2) is 5.96 Å². The van der Waals surface area contributed by atoms with Crippen molar-refractivity contribution in [3.63, 3.8) is 0 Å². The molecule has 1 saturated heterocycles. The maximum atomic E-state index is 4.54. The van der Waals surface area contributed by atoms with E-state index in [1.165, 1.54) is 5.69 Å². The summed E-state index contributed by atoms with van der Waals surface area (Å²) in [5.41, 5.74) is 1.23. The van der Waals surface area contributed by atoms with Gasteiger partial charge in [0, 0.05) is 57.9 Å². The minimum absolute atomic E-state index is 0.359. The molecule has 1 aliphatic rings. The zero-order chi connectivity index (χ0) is 19.2. The van der Waals surface area contributed by atoms with Crippen LogP contribution in [0.1, 0.15) is 26.3 Å². The summed E-state index contributed by atoms with van der Waals surface area (Å²) in [6.45, 7) is 7.41. The van der Waals surface area contributed by atoms with Crippen molar-refractivity contribution in [3.05, 3.63) is 49.1 Å². The molecule has 3 atom stereocenters. The third-order valence-electron chi connectivity index (χ3n) is 5.72. The van der Waals surface area contributed by atoms with Crippen LogP contribution in [0.5, 0.6) is 0 Å². The molecular formula is C21H32N6. The Morgan fingerprint density at radius 1 is 1.37 bits per heavy atom. The lowest BCUT2D eigenvalue weighted by Crippen LogP contribution is -2.51. The Morgan fingerprint density at radius 3 is 2.81 bits per heavy atom. The van der Waals surface area contributed by atoms with Gasteiger partial charge >= 0.3 is 0 Å². The first-order chi connectivity index (χ1) is 13.1. The first-order valence-electron chi connectivity index (χ1n) is 9.81. The van der Waals surface area contributed by atoms with Gasteiger partial charge in [0.2, 0.25) is 0 Å². The third-order valence-corrected chi connectivity index (χ3v) is 5.72. The molecule has 1 fully saturated rings. The molecule has 6 heteroatoms. The number of para-hydroxylation sites is 1. The Morgan fingerprint density at radius 2 is 2.15 bits per heavy atom. The summed E-state index contributed by atoms with van der Waals surface area (Å²) in [4.78, 5) is 13.4. The molecule has 0 saturated carbocycles. The van der Waals surface area contributed by atoms with Crippen LogP contribution in [0, 0.1) is 5.92 Å². The number of aromatic nitrogens is 2. The maximum Gasteiger partial charge on any atom is 0.193 e. The Balaban J connectivity index is 1.58. The van der Waals surface area contributed by atoms with E-state index in [4.69, 9.17) is 0 Å². The van der Waals surface area contributed by atoms with E-state index in [9.17, 15) is 0 Å². The molecule has 0 radical (unpaired) electrons. The van der Waals surface area contributed by atoms with Gasteiger partial charge in [0.25, 0.3) is 0 Å². The minimum Gasteiger partial charge on any atom is -0.370 e. The van der Waals surface area contributed by atoms with E-state index < -0.39 is 0 Å². The van der Waals surface area contributed by atoms with Gasteiger partial charge in [-0.3, -0.25) is 4.99 Å². The number of nitrogens with one attached hydrogen (secondary N) is 1. The second kappa shape index (κ2) is 8.93. The number of likely N-dealkylation sites (N-methyl/N-ethyl adjacent to an activating group) is 1. The van der Waals surface area contributed by atoms with Gasteiger partial charge < -0.3 is 19.7 Å². The first-order valence-corrected chi connectivity index (χ1v) is 9.81. The number of guanidine groups is 1. The van der Waals surface area contributed by atoms with Crippen LogP contribution in [0.2, 0.25) is 0 Å². The van der Waals surface area contributed by atoms with Crippen LogP contribution in [0.3, 0.4) is 0 Å². The van der Waals surface area contributed by atoms with E-state index >= 15 is 0 Å². The Bertz CT molecular complexity index is 712. The highest BCUT2D eigenvalue weighted by Crippen LogP contribution is 2.27. The van der Waals surface area contributed by atoms with Crippen LogP contribution in [-0.4, -0.2) is 60.2 Å². The maximum absolute atomic E-state index is 4.54. The minimum atomic E-state index is 0.359. The standard InChI is InChI=1S/C21H32N6/c1-17-10-12-26(15-20(17)27-13-11-23-16-27)21(22-3)24-14-18(2)25(4)19-8-6-5-7-9-19/h5-9,11,13,16-18,20H,10,12,14-15H2,1-4H3,(H,22,24). The topological polar surface area (TPSA) is 48.7 Å². The Hall–Kier alpha value is -2.50. The summed E-state index contributed by atoms with van der Waals surface area (Å²) < 4.78 is 2.23. The number of likely N-dealkylation sites (tertiary alicyclic amines) is 1. The lowest BCUT2D eigenvalue weighted by molar-refractivity contribution is 0.189. The average molecular weight is 369 g/mol. The van der Waals surface area contributed by atoms with Crippen molar-refractivity contribution in [2.45, 2.75) is 32.4 Å². The average Bonchev–Trinajstić information content (AvgIpc) is 3.24. The molecule has 1 aromatic carbocycles. The van der Waals surface area contributed by atoms with Gasteiger partial charge in [0.05, 0.1) is 12.4 Å². The van der Waals surface area contributed by atoms with E-state index in [1.807, 2.05) is 19.6 Å². The van der Waals surface area contributed by atoms with Gasteiger partial charge in [-0.25, -0.2) is 4.98 Å². The molecule has 2 heterocycles. The Kier molecular flexibility index (Phi) is 6.37. The van der Waals surface area contributed by atoms with Crippen LogP contribution in [0.4, 0.5) is 5.69 Å². The summed E-state index contributed by atoms with van der Waals surface area (Å²) >= 11 is 0. The van der Waals surface area contributed by atoms with Crippen molar-refractivity contribution >= 4 is 11.6 Å². The molecule has 27 heavy (non-hydrogen) atoms. The van der Waals surface area contributed by atoms with E-state index in [2.05, 4.69) is 87.1 Å². The van der Waals surface area contributed by atoms with Crippen LogP contribution in [0.25, 0.3) is 0 Å². The van der Waals surface area contributed by atoms with Crippen LogP contribution in [-0.2, 0) is 0 Å². The second-order valence-electron chi connectivity index (χ2n) is 7.51. The smallest absolute Gasteiger partial charge is 0.193 e. The van der Waals surface area contributed by atoms with Gasteiger partial charge in [-0.1, -0.05) is 25.1 Å². The molecule has 1 aliphatic heterocycles. The lowest BCUT2D eigenvalue weighted by atomic mass is 9.93. The number of piperidine rings is 1. The molecule has 0 spiro atoms. The summed E-state index contributed by atoms with van der Waals surface area (Å²) in [7, 11) is 4.01. The van der Waals surface area contributed by atoms with Crippen molar-refractivity contribution in [1.29, 1.82) is 0 Å². The predicted octanol–water partition coefficient (Wildman–Crippen LogP) is 2.87. The fourth-order valence-electron chi connectivity index (χ4n) is 3.72. The van der Waals surface area contributed by atoms with Crippen LogP contribution >= 0.6 is 0 Å². The van der Waals surface area contributed by atoms with Crippen molar-refractivity contribution in [3.8, 4) is 0 Å². The highest BCUT2D eigenvalue weighted by Gasteiger charge is 2.29. The highest BCUT2D eigenvalue weighted by molar-refractivity contribution is 5.80. The van der Waals surface area contributed by atoms with Crippen molar-refractivity contribution in [2.24, 2.45) is 10.9 Å². The number of nitrogens with zero attached hydrogens (tertiary/aromatic N) is 5. The van der Waals surface area contributed by atoms with Gasteiger partial charge in [0.1, 0.15) is 0 Å². The van der Waals surface area contributed by atoms with Gasteiger partial charge in [-0.2, -0.15) is 0 Å². The fraction of sp³-hybridized carbons (Fsp3) is 0.524. The highest BCUT2D eigenvalue weighted by atomic mass is 15.3. The molecule has 1 aromatic heterocycles. The quantitative estimate of drug-likeness (QED) is 0.651. The monoisotopic (exact) mass is 368 g/mol. The molecule has 6 nitrogen and oxygen atoms in total. The largest absolute Gasteiger partial charge is 0.370 e. The number of rotatable bonds is 5. The molecule has 0 bridgehead atoms. The number of hydrogen-bond donors (Lipinski definition) is 1. The van der Waals surface area contributed by atoms with Gasteiger partial charge in [-0.05, 0) is 31.4 Å². The van der Waals surface area contributed by atoms with Crippen LogP contribution in [0.15, 0.2) is 54.0 Å². The van der Waals surface area contributed by atoms with Crippen molar-refractivity contribution < 1.29 is 0 Å². The van der Waals surface area contributed by atoms with E-state index in [1.54, 1.807) is 0 Å². The lowest BCUT2D eigenvalue weighted by Gasteiger charge is -2.39. The third kappa shape index (κ3) is 4.62. The zero-order valence-electron chi connectivity index (χ0n) is 16.9. The first kappa shape index (κ1) is 19.3. The summed E-state index contributed by atoms with van der Waals surface area (Å²) in [5, 5.41) is 3.58. The van der Waals surface area contributed by atoms with Gasteiger partial charge in [-0.15, -0.1) is 0 Å². The summed E-state index contributed by atoms with van der Waals surface area (Å²) in [5.74, 6) is 1.62.